The normalized spacial score (nSPS) is 8.62. The maximum absolute atomic E-state index is 9.32. The van der Waals surface area contributed by atoms with Gasteiger partial charge in [0, 0.05) is 0 Å². The van der Waals surface area contributed by atoms with Crippen LogP contribution in [0.4, 0.5) is 0 Å². The fraction of sp³-hybridized carbons (Fsp3) is 0. The Balaban J connectivity index is -0.000000125. The van der Waals surface area contributed by atoms with Gasteiger partial charge in [-0.05, 0) is 0 Å². The molecule has 0 saturated carbocycles. The zero-order chi connectivity index (χ0) is 5.21. The summed E-state index contributed by atoms with van der Waals surface area (Å²) in [6.07, 6.45) is 0. The molecule has 0 heterocycles. The van der Waals surface area contributed by atoms with Crippen LogP contribution in [0.5, 0.6) is 0 Å². The maximum atomic E-state index is 9.32. The molecule has 6 nitrogen and oxygen atoms in total. The molecule has 0 amide bonds. The molecule has 52 valence electrons. The fourth-order valence-corrected chi connectivity index (χ4v) is 0. The van der Waals surface area contributed by atoms with Gasteiger partial charge in [-0.1, -0.05) is 0 Å². The monoisotopic (exact) mass is 184 g/mol. The third kappa shape index (κ3) is 16.2. The second-order valence-electron chi connectivity index (χ2n) is 0.502. The molecule has 8 heteroatoms. The minimum absolute atomic E-state index is 0. The summed E-state index contributed by atoms with van der Waals surface area (Å²) in [6, 6.07) is 0. The zero-order valence-corrected chi connectivity index (χ0v) is 5.74. The van der Waals surface area contributed by atoms with Gasteiger partial charge in [0.15, 0.2) is 0 Å². The number of hydrogen-bond acceptors (Lipinski definition) is 3. The van der Waals surface area contributed by atoms with Gasteiger partial charge in [0.05, 0.1) is 0 Å². The Hall–Kier alpha value is 0.374. The molecule has 8 heavy (non-hydrogen) atoms. The van der Waals surface area contributed by atoms with Gasteiger partial charge < -0.3 is 11.0 Å². The molecule has 0 aromatic heterocycles. The van der Waals surface area contributed by atoms with Gasteiger partial charge in [-0.3, -0.25) is 0 Å². The van der Waals surface area contributed by atoms with E-state index in [1.165, 1.54) is 17.8 Å². The van der Waals surface area contributed by atoms with Crippen molar-refractivity contribution in [1.29, 1.82) is 0 Å². The third-order valence-electron chi connectivity index (χ3n) is 0.0942. The van der Waals surface area contributed by atoms with Crippen LogP contribution in [0.2, 0.25) is 0 Å². The predicted molar refractivity (Wildman–Crippen MR) is 19.9 cm³/mol. The molecule has 0 fully saturated rings. The second-order valence-corrected chi connectivity index (χ2v) is 2.21. The quantitative estimate of drug-likeness (QED) is 0.456. The van der Waals surface area contributed by atoms with Crippen LogP contribution in [-0.2, 0) is 31.3 Å². The van der Waals surface area contributed by atoms with Crippen molar-refractivity contribution in [2.75, 3.05) is 0 Å². The van der Waals surface area contributed by atoms with E-state index in [4.69, 9.17) is 4.55 Å². The minimum atomic E-state index is -4.19. The summed E-state index contributed by atoms with van der Waals surface area (Å²) in [5.74, 6) is 0. The second kappa shape index (κ2) is 5.51. The first-order chi connectivity index (χ1) is 2.56. The summed E-state index contributed by atoms with van der Waals surface area (Å²) < 4.78 is 29.6. The molecule has 0 bridgehead atoms. The van der Waals surface area contributed by atoms with Crippen LogP contribution in [0.1, 0.15) is 0 Å². The Labute approximate surface area is 55.7 Å². The molecular weight excluding hydrogens is 179 g/mol. The predicted octanol–water partition coefficient (Wildman–Crippen LogP) is -2.38. The molecule has 0 aromatic carbocycles. The Morgan fingerprint density at radius 2 is 1.50 bits per heavy atom. The molecule has 0 aliphatic rings. The van der Waals surface area contributed by atoms with Crippen LogP contribution < -0.4 is 0 Å². The van der Waals surface area contributed by atoms with E-state index in [2.05, 4.69) is 3.11 Å². The van der Waals surface area contributed by atoms with Crippen molar-refractivity contribution in [3.8, 4) is 0 Å². The van der Waals surface area contributed by atoms with Gasteiger partial charge in [-0.15, -0.1) is 0 Å². The van der Waals surface area contributed by atoms with Crippen molar-refractivity contribution >= 4 is 10.4 Å². The average molecular weight is 184 g/mol. The van der Waals surface area contributed by atoms with Gasteiger partial charge >= 0.3 is 44.3 Å². The number of hydrogen-bond donors (Lipinski definition) is 1. The van der Waals surface area contributed by atoms with E-state index in [9.17, 15) is 8.42 Å². The van der Waals surface area contributed by atoms with E-state index >= 15 is 0 Å². The summed E-state index contributed by atoms with van der Waals surface area (Å²) in [5, 5.41) is 0. The molecule has 0 aliphatic carbocycles. The Morgan fingerprint density at radius 1 is 1.38 bits per heavy atom. The molecule has 0 unspecified atom stereocenters. The van der Waals surface area contributed by atoms with Crippen LogP contribution in [0.25, 0.3) is 0 Å². The van der Waals surface area contributed by atoms with Gasteiger partial charge in [-0.25, -0.2) is 0 Å². The number of rotatable bonds is 1. The summed E-state index contributed by atoms with van der Waals surface area (Å²) in [6.45, 7) is 0. The first-order valence-corrected chi connectivity index (χ1v) is 2.80. The SMILES string of the molecule is O.O.O=S(=O)(O)[O][V]. The van der Waals surface area contributed by atoms with Crippen molar-refractivity contribution < 1.29 is 44.8 Å². The molecule has 5 N–H and O–H groups in total. The first kappa shape index (κ1) is 15.8. The van der Waals surface area contributed by atoms with Crippen molar-refractivity contribution in [1.82, 2.24) is 0 Å². The van der Waals surface area contributed by atoms with Crippen LogP contribution in [0.3, 0.4) is 0 Å². The van der Waals surface area contributed by atoms with E-state index in [0.29, 0.717) is 0 Å². The molecule has 0 atom stereocenters. The summed E-state index contributed by atoms with van der Waals surface area (Å²) in [4.78, 5) is 0. The van der Waals surface area contributed by atoms with E-state index in [0.717, 1.165) is 0 Å². The van der Waals surface area contributed by atoms with Crippen LogP contribution in [0, 0.1) is 0 Å². The van der Waals surface area contributed by atoms with E-state index < -0.39 is 10.4 Å². The van der Waals surface area contributed by atoms with Crippen LogP contribution in [0.15, 0.2) is 0 Å². The molecular formula is H5O6SV. The molecule has 0 saturated heterocycles. The van der Waals surface area contributed by atoms with Gasteiger partial charge in [0.2, 0.25) is 0 Å². The first-order valence-electron chi connectivity index (χ1n) is 0.865. The molecule has 0 spiro atoms. The Morgan fingerprint density at radius 3 is 1.50 bits per heavy atom. The topological polar surface area (TPSA) is 127 Å². The third-order valence-corrected chi connectivity index (χ3v) is 1.17. The standard InChI is InChI=1S/H2O4S.2H2O.V/c1-5(2,3)4;;;/h(H2,1,2,3,4);2*1H2;/q;;;+1/p-1. The van der Waals surface area contributed by atoms with Gasteiger partial charge in [-0.2, -0.15) is 0 Å². The van der Waals surface area contributed by atoms with Gasteiger partial charge in [0.1, 0.15) is 0 Å². The van der Waals surface area contributed by atoms with Crippen LogP contribution in [-0.4, -0.2) is 23.9 Å². The Bertz CT molecular complexity index is 110. The molecule has 0 radical (unpaired) electrons. The summed E-state index contributed by atoms with van der Waals surface area (Å²) in [7, 11) is -4.19. The summed E-state index contributed by atoms with van der Waals surface area (Å²) >= 11 is 1.26. The molecule has 0 aromatic rings. The Kier molecular flexibility index (Phi) is 10.9. The van der Waals surface area contributed by atoms with Crippen molar-refractivity contribution in [3.63, 3.8) is 0 Å². The van der Waals surface area contributed by atoms with E-state index in [1.54, 1.807) is 0 Å². The molecule has 0 rings (SSSR count). The summed E-state index contributed by atoms with van der Waals surface area (Å²) in [5.41, 5.74) is 0. The van der Waals surface area contributed by atoms with Crippen molar-refractivity contribution in [2.45, 2.75) is 0 Å². The van der Waals surface area contributed by atoms with Crippen molar-refractivity contribution in [2.24, 2.45) is 0 Å². The van der Waals surface area contributed by atoms with E-state index in [1.807, 2.05) is 0 Å². The van der Waals surface area contributed by atoms with Crippen molar-refractivity contribution in [3.05, 3.63) is 0 Å². The zero-order valence-electron chi connectivity index (χ0n) is 3.53. The van der Waals surface area contributed by atoms with E-state index in [-0.39, 0.29) is 11.0 Å². The van der Waals surface area contributed by atoms with Gasteiger partial charge in [0.25, 0.3) is 0 Å². The van der Waals surface area contributed by atoms with Crippen LogP contribution >= 0.6 is 0 Å². The molecule has 0 aliphatic heterocycles. The average Bonchev–Trinajstić information content (AvgIpc) is 1.35. The fourth-order valence-electron chi connectivity index (χ4n) is 0.